The Labute approximate surface area is 134 Å². The standard InChI is InChI=1S/C14H14Br2N2S/c1-9(17-2)10-3-5-13(12(16)7-10)19-14-6-4-11(15)8-18-14/h3-9,17H,1-2H3. The van der Waals surface area contributed by atoms with Crippen LogP contribution < -0.4 is 5.32 Å². The van der Waals surface area contributed by atoms with Gasteiger partial charge >= 0.3 is 0 Å². The first-order valence-corrected chi connectivity index (χ1v) is 8.26. The van der Waals surface area contributed by atoms with Crippen LogP contribution in [0.25, 0.3) is 0 Å². The van der Waals surface area contributed by atoms with Crippen molar-refractivity contribution in [3.63, 3.8) is 0 Å². The van der Waals surface area contributed by atoms with Crippen LogP contribution in [0, 0.1) is 0 Å². The average molecular weight is 402 g/mol. The summed E-state index contributed by atoms with van der Waals surface area (Å²) < 4.78 is 2.09. The van der Waals surface area contributed by atoms with Crippen LogP contribution in [-0.4, -0.2) is 12.0 Å². The molecule has 0 radical (unpaired) electrons. The second kappa shape index (κ2) is 6.88. The molecule has 19 heavy (non-hydrogen) atoms. The van der Waals surface area contributed by atoms with E-state index in [-0.39, 0.29) is 0 Å². The van der Waals surface area contributed by atoms with Crippen LogP contribution in [0.3, 0.4) is 0 Å². The van der Waals surface area contributed by atoms with Crippen LogP contribution in [0.5, 0.6) is 0 Å². The minimum Gasteiger partial charge on any atom is -0.313 e. The SMILES string of the molecule is CNC(C)c1ccc(Sc2ccc(Br)cn2)c(Br)c1. The number of nitrogens with one attached hydrogen (secondary N) is 1. The van der Waals surface area contributed by atoms with Gasteiger partial charge in [0, 0.05) is 26.1 Å². The zero-order valence-electron chi connectivity index (χ0n) is 10.7. The molecule has 2 rings (SSSR count). The Hall–Kier alpha value is -0.360. The number of rotatable bonds is 4. The predicted molar refractivity (Wildman–Crippen MR) is 87.7 cm³/mol. The lowest BCUT2D eigenvalue weighted by atomic mass is 10.1. The summed E-state index contributed by atoms with van der Waals surface area (Å²) in [6.07, 6.45) is 1.81. The monoisotopic (exact) mass is 400 g/mol. The van der Waals surface area contributed by atoms with Crippen molar-refractivity contribution in [1.29, 1.82) is 0 Å². The van der Waals surface area contributed by atoms with Gasteiger partial charge in [-0.2, -0.15) is 0 Å². The van der Waals surface area contributed by atoms with Crippen molar-refractivity contribution in [3.8, 4) is 0 Å². The molecule has 1 aromatic carbocycles. The summed E-state index contributed by atoms with van der Waals surface area (Å²) in [4.78, 5) is 5.54. The molecule has 2 aromatic rings. The van der Waals surface area contributed by atoms with Crippen molar-refractivity contribution < 1.29 is 0 Å². The van der Waals surface area contributed by atoms with Crippen LogP contribution in [0.1, 0.15) is 18.5 Å². The Bertz CT molecular complexity index is 558. The Kier molecular flexibility index (Phi) is 5.45. The molecule has 0 bridgehead atoms. The molecule has 1 heterocycles. The van der Waals surface area contributed by atoms with Gasteiger partial charge in [0.1, 0.15) is 5.03 Å². The van der Waals surface area contributed by atoms with E-state index in [1.165, 1.54) is 10.5 Å². The Morgan fingerprint density at radius 3 is 2.58 bits per heavy atom. The number of benzene rings is 1. The minimum atomic E-state index is 0.348. The molecular formula is C14H14Br2N2S. The Morgan fingerprint density at radius 1 is 1.21 bits per heavy atom. The van der Waals surface area contributed by atoms with Gasteiger partial charge in [-0.1, -0.05) is 17.8 Å². The minimum absolute atomic E-state index is 0.348. The smallest absolute Gasteiger partial charge is 0.101 e. The third kappa shape index (κ3) is 4.05. The van der Waals surface area contributed by atoms with Crippen molar-refractivity contribution in [2.75, 3.05) is 7.05 Å². The molecule has 5 heteroatoms. The maximum absolute atomic E-state index is 4.37. The molecule has 0 aliphatic carbocycles. The van der Waals surface area contributed by atoms with E-state index in [0.717, 1.165) is 14.0 Å². The fourth-order valence-electron chi connectivity index (χ4n) is 1.57. The summed E-state index contributed by atoms with van der Waals surface area (Å²) in [5, 5.41) is 4.22. The van der Waals surface area contributed by atoms with Gasteiger partial charge in [-0.15, -0.1) is 0 Å². The average Bonchev–Trinajstić information content (AvgIpc) is 2.42. The molecule has 1 unspecified atom stereocenters. The van der Waals surface area contributed by atoms with Crippen LogP contribution in [0.15, 0.2) is 55.4 Å². The molecule has 100 valence electrons. The van der Waals surface area contributed by atoms with Crippen molar-refractivity contribution in [1.82, 2.24) is 10.3 Å². The largest absolute Gasteiger partial charge is 0.313 e. The summed E-state index contributed by atoms with van der Waals surface area (Å²) in [5.41, 5.74) is 1.27. The quantitative estimate of drug-likeness (QED) is 0.776. The van der Waals surface area contributed by atoms with Crippen LogP contribution in [0.4, 0.5) is 0 Å². The molecule has 1 N–H and O–H groups in total. The number of halogens is 2. The molecule has 0 saturated heterocycles. The van der Waals surface area contributed by atoms with Gasteiger partial charge in [0.15, 0.2) is 0 Å². The summed E-state index contributed by atoms with van der Waals surface area (Å²) >= 11 is 8.67. The van der Waals surface area contributed by atoms with Crippen molar-refractivity contribution in [2.24, 2.45) is 0 Å². The third-order valence-electron chi connectivity index (χ3n) is 2.80. The highest BCUT2D eigenvalue weighted by molar-refractivity contribution is 9.10. The van der Waals surface area contributed by atoms with E-state index in [0.29, 0.717) is 6.04 Å². The molecule has 0 spiro atoms. The first kappa shape index (κ1) is 15.0. The molecule has 1 aromatic heterocycles. The second-order valence-electron chi connectivity index (χ2n) is 4.12. The maximum atomic E-state index is 4.37. The molecule has 0 fully saturated rings. The van der Waals surface area contributed by atoms with E-state index in [1.807, 2.05) is 25.4 Å². The number of nitrogens with zero attached hydrogens (tertiary/aromatic N) is 1. The Balaban J connectivity index is 2.19. The summed E-state index contributed by atoms with van der Waals surface area (Å²) in [5.74, 6) is 0. The molecule has 1 atom stereocenters. The fourth-order valence-corrected chi connectivity index (χ4v) is 3.20. The predicted octanol–water partition coefficient (Wildman–Crippen LogP) is 5.04. The normalized spacial score (nSPS) is 12.4. The summed E-state index contributed by atoms with van der Waals surface area (Å²) in [7, 11) is 1.97. The zero-order valence-corrected chi connectivity index (χ0v) is 14.6. The first-order valence-electron chi connectivity index (χ1n) is 5.86. The van der Waals surface area contributed by atoms with Crippen LogP contribution in [0.2, 0.25) is 0 Å². The molecule has 0 aliphatic heterocycles. The second-order valence-corrected chi connectivity index (χ2v) is 6.95. The van der Waals surface area contributed by atoms with Crippen molar-refractivity contribution in [3.05, 3.63) is 51.0 Å². The number of hydrogen-bond acceptors (Lipinski definition) is 3. The maximum Gasteiger partial charge on any atom is 0.101 e. The number of pyridine rings is 1. The fraction of sp³-hybridized carbons (Fsp3) is 0.214. The number of aromatic nitrogens is 1. The highest BCUT2D eigenvalue weighted by atomic mass is 79.9. The van der Waals surface area contributed by atoms with Gasteiger partial charge in [0.2, 0.25) is 0 Å². The van der Waals surface area contributed by atoms with Gasteiger partial charge in [0.05, 0.1) is 0 Å². The van der Waals surface area contributed by atoms with E-state index in [2.05, 4.69) is 67.3 Å². The molecule has 2 nitrogen and oxygen atoms in total. The number of hydrogen-bond donors (Lipinski definition) is 1. The van der Waals surface area contributed by atoms with E-state index < -0.39 is 0 Å². The lowest BCUT2D eigenvalue weighted by Gasteiger charge is -2.12. The van der Waals surface area contributed by atoms with Gasteiger partial charge in [-0.3, -0.25) is 0 Å². The van der Waals surface area contributed by atoms with Crippen LogP contribution >= 0.6 is 43.6 Å². The summed E-state index contributed by atoms with van der Waals surface area (Å²) in [6.45, 7) is 2.14. The molecule has 0 aliphatic rings. The van der Waals surface area contributed by atoms with E-state index in [9.17, 15) is 0 Å². The molecular weight excluding hydrogens is 388 g/mol. The Morgan fingerprint density at radius 2 is 2.00 bits per heavy atom. The zero-order chi connectivity index (χ0) is 13.8. The molecule has 0 saturated carbocycles. The lowest BCUT2D eigenvalue weighted by molar-refractivity contribution is 0.651. The summed E-state index contributed by atoms with van der Waals surface area (Å²) in [6, 6.07) is 10.8. The van der Waals surface area contributed by atoms with E-state index in [4.69, 9.17) is 0 Å². The highest BCUT2D eigenvalue weighted by Crippen LogP contribution is 2.34. The highest BCUT2D eigenvalue weighted by Gasteiger charge is 2.08. The van der Waals surface area contributed by atoms with Gasteiger partial charge in [-0.25, -0.2) is 4.98 Å². The lowest BCUT2D eigenvalue weighted by Crippen LogP contribution is -2.12. The van der Waals surface area contributed by atoms with Gasteiger partial charge in [-0.05, 0) is 75.7 Å². The third-order valence-corrected chi connectivity index (χ3v) is 5.22. The first-order chi connectivity index (χ1) is 9.10. The molecule has 0 amide bonds. The topological polar surface area (TPSA) is 24.9 Å². The van der Waals surface area contributed by atoms with E-state index in [1.54, 1.807) is 11.8 Å². The van der Waals surface area contributed by atoms with Gasteiger partial charge in [0.25, 0.3) is 0 Å². The van der Waals surface area contributed by atoms with Crippen molar-refractivity contribution in [2.45, 2.75) is 22.9 Å². The van der Waals surface area contributed by atoms with Crippen LogP contribution in [-0.2, 0) is 0 Å². The van der Waals surface area contributed by atoms with Gasteiger partial charge < -0.3 is 5.32 Å². The van der Waals surface area contributed by atoms with Crippen molar-refractivity contribution >= 4 is 43.6 Å². The van der Waals surface area contributed by atoms with E-state index >= 15 is 0 Å².